The first-order valence-corrected chi connectivity index (χ1v) is 17.1. The highest BCUT2D eigenvalue weighted by Crippen LogP contribution is 2.46. The number of anilines is 3. The zero-order chi connectivity index (χ0) is 33.0. The van der Waals surface area contributed by atoms with Gasteiger partial charge < -0.3 is 9.32 Å². The molecule has 10 aromatic rings. The molecule has 10 rings (SSSR count). The zero-order valence-electron chi connectivity index (χ0n) is 27.3. The third kappa shape index (κ3) is 4.65. The maximum Gasteiger partial charge on any atom is 0.136 e. The topological polar surface area (TPSA) is 16.4 Å². The first-order valence-electron chi connectivity index (χ1n) is 17.1. The molecular formula is C48H31NO. The number of hydrogen-bond acceptors (Lipinski definition) is 2. The van der Waals surface area contributed by atoms with Gasteiger partial charge in [0.2, 0.25) is 0 Å². The van der Waals surface area contributed by atoms with Crippen LogP contribution in [0.3, 0.4) is 0 Å². The van der Waals surface area contributed by atoms with Crippen molar-refractivity contribution in [1.29, 1.82) is 0 Å². The molecule has 50 heavy (non-hydrogen) atoms. The normalized spacial score (nSPS) is 11.6. The van der Waals surface area contributed by atoms with E-state index in [0.717, 1.165) is 44.4 Å². The van der Waals surface area contributed by atoms with Crippen LogP contribution in [0, 0.1) is 0 Å². The van der Waals surface area contributed by atoms with Crippen molar-refractivity contribution < 1.29 is 4.42 Å². The minimum Gasteiger partial charge on any atom is -0.456 e. The first kappa shape index (κ1) is 28.4. The van der Waals surface area contributed by atoms with E-state index < -0.39 is 0 Å². The number of fused-ring (bicyclic) bond motifs is 7. The molecule has 0 saturated heterocycles. The lowest BCUT2D eigenvalue weighted by Gasteiger charge is -2.30. The van der Waals surface area contributed by atoms with Gasteiger partial charge in [-0.3, -0.25) is 0 Å². The van der Waals surface area contributed by atoms with Gasteiger partial charge in [0.1, 0.15) is 11.2 Å². The Labute approximate surface area is 290 Å². The molecule has 0 amide bonds. The van der Waals surface area contributed by atoms with Gasteiger partial charge in [-0.1, -0.05) is 140 Å². The van der Waals surface area contributed by atoms with Crippen molar-refractivity contribution in [2.45, 2.75) is 0 Å². The predicted octanol–water partition coefficient (Wildman–Crippen LogP) is 13.8. The van der Waals surface area contributed by atoms with Gasteiger partial charge in [-0.15, -0.1) is 0 Å². The summed E-state index contributed by atoms with van der Waals surface area (Å²) in [6.45, 7) is 0. The molecule has 0 aliphatic heterocycles. The highest BCUT2D eigenvalue weighted by atomic mass is 16.3. The third-order valence-electron chi connectivity index (χ3n) is 10.0. The van der Waals surface area contributed by atoms with Crippen molar-refractivity contribution in [3.05, 3.63) is 188 Å². The van der Waals surface area contributed by atoms with E-state index >= 15 is 0 Å². The molecule has 0 unspecified atom stereocenters. The smallest absolute Gasteiger partial charge is 0.136 e. The van der Waals surface area contributed by atoms with Crippen molar-refractivity contribution in [2.24, 2.45) is 0 Å². The molecule has 0 aliphatic rings. The maximum absolute atomic E-state index is 6.28. The second kappa shape index (κ2) is 11.5. The van der Waals surface area contributed by atoms with Crippen LogP contribution in [0.15, 0.2) is 192 Å². The molecule has 0 fully saturated rings. The van der Waals surface area contributed by atoms with Gasteiger partial charge in [-0.25, -0.2) is 0 Å². The Balaban J connectivity index is 1.27. The van der Waals surface area contributed by atoms with Crippen molar-refractivity contribution in [3.63, 3.8) is 0 Å². The minimum atomic E-state index is 0.914. The summed E-state index contributed by atoms with van der Waals surface area (Å²) in [6, 6.07) is 67.7. The van der Waals surface area contributed by atoms with Crippen LogP contribution in [0.25, 0.3) is 76.5 Å². The van der Waals surface area contributed by atoms with E-state index in [1.165, 1.54) is 49.2 Å². The van der Waals surface area contributed by atoms with Crippen molar-refractivity contribution in [1.82, 2.24) is 0 Å². The third-order valence-corrected chi connectivity index (χ3v) is 10.0. The average Bonchev–Trinajstić information content (AvgIpc) is 3.55. The summed E-state index contributed by atoms with van der Waals surface area (Å²) in [4.78, 5) is 2.45. The van der Waals surface area contributed by atoms with Gasteiger partial charge in [0.15, 0.2) is 0 Å². The SMILES string of the molecule is c1ccc(-c2ccc(N(c3ccc4ccc5cc6oc7ccccc7c6cc5c4c3)c3cccc4ccccc34)c(-c3ccccc3)c2)cc1. The van der Waals surface area contributed by atoms with E-state index in [1.54, 1.807) is 0 Å². The molecule has 9 aromatic carbocycles. The second-order valence-corrected chi connectivity index (χ2v) is 12.9. The van der Waals surface area contributed by atoms with E-state index in [2.05, 4.69) is 181 Å². The number of furan rings is 1. The fraction of sp³-hybridized carbons (Fsp3) is 0. The Morgan fingerprint density at radius 1 is 0.320 bits per heavy atom. The largest absolute Gasteiger partial charge is 0.456 e. The molecule has 0 N–H and O–H groups in total. The van der Waals surface area contributed by atoms with Gasteiger partial charge in [0, 0.05) is 27.4 Å². The lowest BCUT2D eigenvalue weighted by Crippen LogP contribution is -2.12. The lowest BCUT2D eigenvalue weighted by molar-refractivity contribution is 0.669. The minimum absolute atomic E-state index is 0.914. The van der Waals surface area contributed by atoms with E-state index in [-0.39, 0.29) is 0 Å². The molecule has 0 bridgehead atoms. The summed E-state index contributed by atoms with van der Waals surface area (Å²) < 4.78 is 6.28. The zero-order valence-corrected chi connectivity index (χ0v) is 27.3. The summed E-state index contributed by atoms with van der Waals surface area (Å²) in [5.74, 6) is 0. The number of para-hydroxylation sites is 1. The van der Waals surface area contributed by atoms with Crippen LogP contribution in [0.1, 0.15) is 0 Å². The van der Waals surface area contributed by atoms with E-state index in [9.17, 15) is 0 Å². The molecule has 0 aliphatic carbocycles. The fourth-order valence-corrected chi connectivity index (χ4v) is 7.60. The number of rotatable bonds is 5. The van der Waals surface area contributed by atoms with Crippen LogP contribution < -0.4 is 4.90 Å². The predicted molar refractivity (Wildman–Crippen MR) is 212 cm³/mol. The summed E-state index contributed by atoms with van der Waals surface area (Å²) in [5, 5.41) is 9.47. The molecule has 234 valence electrons. The number of benzene rings is 9. The Morgan fingerprint density at radius 2 is 0.980 bits per heavy atom. The average molecular weight is 638 g/mol. The number of hydrogen-bond donors (Lipinski definition) is 0. The summed E-state index contributed by atoms with van der Waals surface area (Å²) in [7, 11) is 0. The van der Waals surface area contributed by atoms with Crippen molar-refractivity contribution in [3.8, 4) is 22.3 Å². The highest BCUT2D eigenvalue weighted by Gasteiger charge is 2.21. The van der Waals surface area contributed by atoms with Crippen LogP contribution in [-0.4, -0.2) is 0 Å². The van der Waals surface area contributed by atoms with Crippen LogP contribution in [0.2, 0.25) is 0 Å². The summed E-state index contributed by atoms with van der Waals surface area (Å²) >= 11 is 0. The number of nitrogens with zero attached hydrogens (tertiary/aromatic N) is 1. The molecule has 0 radical (unpaired) electrons. The molecule has 2 heteroatoms. The maximum atomic E-state index is 6.28. The van der Waals surface area contributed by atoms with Crippen molar-refractivity contribution in [2.75, 3.05) is 4.90 Å². The Kier molecular flexibility index (Phi) is 6.53. The summed E-state index contributed by atoms with van der Waals surface area (Å²) in [6.07, 6.45) is 0. The first-order chi connectivity index (χ1) is 24.8. The van der Waals surface area contributed by atoms with Crippen LogP contribution in [-0.2, 0) is 0 Å². The van der Waals surface area contributed by atoms with E-state index in [0.29, 0.717) is 0 Å². The quantitative estimate of drug-likeness (QED) is 0.175. The second-order valence-electron chi connectivity index (χ2n) is 12.9. The Hall–Kier alpha value is -6.64. The lowest BCUT2D eigenvalue weighted by atomic mass is 9.95. The van der Waals surface area contributed by atoms with Gasteiger partial charge in [0.05, 0.1) is 11.4 Å². The van der Waals surface area contributed by atoms with Gasteiger partial charge in [-0.05, 0) is 92.2 Å². The molecule has 0 spiro atoms. The monoisotopic (exact) mass is 637 g/mol. The van der Waals surface area contributed by atoms with E-state index in [1.807, 2.05) is 12.1 Å². The summed E-state index contributed by atoms with van der Waals surface area (Å²) in [5.41, 5.74) is 9.91. The molecule has 0 atom stereocenters. The molecular weight excluding hydrogens is 607 g/mol. The Morgan fingerprint density at radius 3 is 1.84 bits per heavy atom. The fourth-order valence-electron chi connectivity index (χ4n) is 7.60. The van der Waals surface area contributed by atoms with Crippen LogP contribution in [0.5, 0.6) is 0 Å². The van der Waals surface area contributed by atoms with Crippen LogP contribution in [0.4, 0.5) is 17.1 Å². The van der Waals surface area contributed by atoms with Gasteiger partial charge >= 0.3 is 0 Å². The standard InChI is InChI=1S/C48H31NO/c1-3-12-32(13-4-1)36-25-27-46(43(28-36)34-14-5-2-6-15-34)49(45-20-11-17-33-16-7-8-18-39(33)45)38-26-24-35-22-23-37-29-48-44(31-42(37)41(35)30-38)40-19-9-10-21-47(40)50-48/h1-31H. The highest BCUT2D eigenvalue weighted by molar-refractivity contribution is 6.17. The molecule has 2 nitrogen and oxygen atoms in total. The molecule has 1 aromatic heterocycles. The van der Waals surface area contributed by atoms with Crippen molar-refractivity contribution >= 4 is 71.3 Å². The molecule has 0 saturated carbocycles. The molecule has 1 heterocycles. The Bertz CT molecular complexity index is 2860. The van der Waals surface area contributed by atoms with E-state index in [4.69, 9.17) is 4.42 Å². The van der Waals surface area contributed by atoms with Gasteiger partial charge in [-0.2, -0.15) is 0 Å². The van der Waals surface area contributed by atoms with Gasteiger partial charge in [0.25, 0.3) is 0 Å². The van der Waals surface area contributed by atoms with Crippen LogP contribution >= 0.6 is 0 Å².